The number of nitrogens with one attached hydrogen (secondary N) is 1. The molecule has 1 heterocycles. The van der Waals surface area contributed by atoms with E-state index in [2.05, 4.69) is 28.3 Å². The van der Waals surface area contributed by atoms with Crippen molar-refractivity contribution in [1.29, 1.82) is 0 Å². The number of rotatable bonds is 6. The summed E-state index contributed by atoms with van der Waals surface area (Å²) < 4.78 is 2.07. The van der Waals surface area contributed by atoms with Gasteiger partial charge < -0.3 is 15.0 Å². The lowest BCUT2D eigenvalue weighted by atomic mass is 9.67. The van der Waals surface area contributed by atoms with Gasteiger partial charge in [-0.05, 0) is 36.3 Å². The fraction of sp³-hybridized carbons (Fsp3) is 0.692. The molecule has 90 valence electrons. The average Bonchev–Trinajstić information content (AvgIpc) is 2.60. The van der Waals surface area contributed by atoms with Gasteiger partial charge >= 0.3 is 0 Å². The predicted octanol–water partition coefficient (Wildman–Crippen LogP) is 1.67. The third-order valence-electron chi connectivity index (χ3n) is 3.78. The Bertz CT molecular complexity index is 328. The fourth-order valence-electron chi connectivity index (χ4n) is 2.57. The van der Waals surface area contributed by atoms with E-state index >= 15 is 0 Å². The van der Waals surface area contributed by atoms with E-state index in [1.165, 1.54) is 24.8 Å². The molecule has 0 radical (unpaired) electrons. The van der Waals surface area contributed by atoms with E-state index in [9.17, 15) is 0 Å². The highest BCUT2D eigenvalue weighted by Crippen LogP contribution is 2.43. The van der Waals surface area contributed by atoms with E-state index in [4.69, 9.17) is 5.11 Å². The van der Waals surface area contributed by atoms with Gasteiger partial charge in [-0.15, -0.1) is 0 Å². The minimum absolute atomic E-state index is 0.326. The summed E-state index contributed by atoms with van der Waals surface area (Å²) >= 11 is 0. The second-order valence-electron chi connectivity index (χ2n) is 5.12. The van der Waals surface area contributed by atoms with Gasteiger partial charge in [0.25, 0.3) is 0 Å². The molecule has 1 aromatic heterocycles. The van der Waals surface area contributed by atoms with Crippen LogP contribution in [-0.4, -0.2) is 22.8 Å². The highest BCUT2D eigenvalue weighted by molar-refractivity contribution is 5.09. The number of aliphatic hydroxyl groups excluding tert-OH is 1. The zero-order valence-electron chi connectivity index (χ0n) is 10.1. The summed E-state index contributed by atoms with van der Waals surface area (Å²) in [5.41, 5.74) is 1.73. The highest BCUT2D eigenvalue weighted by atomic mass is 16.3. The molecule has 3 heteroatoms. The third-order valence-corrected chi connectivity index (χ3v) is 3.78. The smallest absolute Gasteiger partial charge is 0.0436 e. The largest absolute Gasteiger partial charge is 0.396 e. The Balaban J connectivity index is 1.74. The summed E-state index contributed by atoms with van der Waals surface area (Å²) in [6, 6.07) is 2.15. The van der Waals surface area contributed by atoms with Gasteiger partial charge in [-0.1, -0.05) is 6.42 Å². The zero-order valence-corrected chi connectivity index (χ0v) is 10.1. The summed E-state index contributed by atoms with van der Waals surface area (Å²) in [5.74, 6) is 0. The van der Waals surface area contributed by atoms with Crippen molar-refractivity contribution in [3.63, 3.8) is 0 Å². The van der Waals surface area contributed by atoms with Gasteiger partial charge in [0.2, 0.25) is 0 Å². The Hall–Kier alpha value is -0.800. The summed E-state index contributed by atoms with van der Waals surface area (Å²) in [5, 5.41) is 12.6. The maximum absolute atomic E-state index is 9.06. The molecular weight excluding hydrogens is 200 g/mol. The number of aryl methyl sites for hydroxylation is 1. The average molecular weight is 222 g/mol. The van der Waals surface area contributed by atoms with Gasteiger partial charge in [0, 0.05) is 39.1 Å². The Labute approximate surface area is 97.5 Å². The Kier molecular flexibility index (Phi) is 3.66. The van der Waals surface area contributed by atoms with Crippen molar-refractivity contribution in [1.82, 2.24) is 9.88 Å². The van der Waals surface area contributed by atoms with Crippen LogP contribution in [0.5, 0.6) is 0 Å². The number of hydrogen-bond donors (Lipinski definition) is 2. The van der Waals surface area contributed by atoms with E-state index in [1.807, 2.05) is 7.05 Å². The molecule has 3 nitrogen and oxygen atoms in total. The Morgan fingerprint density at radius 3 is 2.81 bits per heavy atom. The van der Waals surface area contributed by atoms with Crippen molar-refractivity contribution in [2.75, 3.05) is 13.2 Å². The first-order chi connectivity index (χ1) is 7.74. The molecule has 0 aromatic carbocycles. The first-order valence-corrected chi connectivity index (χ1v) is 6.17. The maximum atomic E-state index is 9.06. The van der Waals surface area contributed by atoms with Crippen LogP contribution >= 0.6 is 0 Å². The minimum Gasteiger partial charge on any atom is -0.396 e. The van der Waals surface area contributed by atoms with Gasteiger partial charge in [0.1, 0.15) is 0 Å². The molecule has 1 aliphatic rings. The van der Waals surface area contributed by atoms with E-state index in [1.54, 1.807) is 0 Å². The van der Waals surface area contributed by atoms with Crippen molar-refractivity contribution >= 4 is 0 Å². The van der Waals surface area contributed by atoms with Crippen LogP contribution in [0.1, 0.15) is 31.2 Å². The molecule has 0 unspecified atom stereocenters. The molecule has 1 aliphatic carbocycles. The Morgan fingerprint density at radius 1 is 1.50 bits per heavy atom. The van der Waals surface area contributed by atoms with Crippen LogP contribution in [0.4, 0.5) is 0 Å². The normalized spacial score (nSPS) is 18.4. The second kappa shape index (κ2) is 5.02. The molecule has 0 aliphatic heterocycles. The van der Waals surface area contributed by atoms with Crippen LogP contribution in [0.2, 0.25) is 0 Å². The number of aromatic nitrogens is 1. The lowest BCUT2D eigenvalue weighted by Crippen LogP contribution is -2.40. The monoisotopic (exact) mass is 222 g/mol. The molecule has 16 heavy (non-hydrogen) atoms. The van der Waals surface area contributed by atoms with Crippen LogP contribution in [0.15, 0.2) is 18.5 Å². The SMILES string of the molecule is Cn1ccc(CNCC2(CCO)CCC2)c1. The standard InChI is InChI=1S/C13H22N2O/c1-15-7-3-12(10-15)9-14-11-13(6-8-16)4-2-5-13/h3,7,10,14,16H,2,4-6,8-9,11H2,1H3. The maximum Gasteiger partial charge on any atom is 0.0436 e. The highest BCUT2D eigenvalue weighted by Gasteiger charge is 2.35. The van der Waals surface area contributed by atoms with Crippen LogP contribution < -0.4 is 5.32 Å². The molecule has 1 fully saturated rings. The predicted molar refractivity (Wildman–Crippen MR) is 65.1 cm³/mol. The molecule has 0 bridgehead atoms. The lowest BCUT2D eigenvalue weighted by molar-refractivity contribution is 0.0859. The molecule has 0 amide bonds. The summed E-state index contributed by atoms with van der Waals surface area (Å²) in [6.45, 7) is 2.31. The lowest BCUT2D eigenvalue weighted by Gasteiger charge is -2.42. The number of aliphatic hydroxyl groups is 1. The van der Waals surface area contributed by atoms with E-state index < -0.39 is 0 Å². The molecule has 1 saturated carbocycles. The van der Waals surface area contributed by atoms with Gasteiger partial charge in [0.15, 0.2) is 0 Å². The molecule has 1 aromatic rings. The fourth-order valence-corrected chi connectivity index (χ4v) is 2.57. The molecule has 0 saturated heterocycles. The molecular formula is C13H22N2O. The summed E-state index contributed by atoms with van der Waals surface area (Å²) in [6.07, 6.45) is 9.04. The topological polar surface area (TPSA) is 37.2 Å². The number of nitrogens with zero attached hydrogens (tertiary/aromatic N) is 1. The summed E-state index contributed by atoms with van der Waals surface area (Å²) in [4.78, 5) is 0. The van der Waals surface area contributed by atoms with Crippen molar-refractivity contribution in [3.05, 3.63) is 24.0 Å². The first kappa shape index (κ1) is 11.7. The molecule has 0 spiro atoms. The second-order valence-corrected chi connectivity index (χ2v) is 5.12. The molecule has 2 rings (SSSR count). The van der Waals surface area contributed by atoms with E-state index in [-0.39, 0.29) is 0 Å². The van der Waals surface area contributed by atoms with Crippen molar-refractivity contribution in [2.24, 2.45) is 12.5 Å². The zero-order chi connectivity index (χ0) is 11.4. The van der Waals surface area contributed by atoms with E-state index in [0.29, 0.717) is 12.0 Å². The first-order valence-electron chi connectivity index (χ1n) is 6.17. The van der Waals surface area contributed by atoms with Crippen LogP contribution in [-0.2, 0) is 13.6 Å². The number of hydrogen-bond acceptors (Lipinski definition) is 2. The Morgan fingerprint density at radius 2 is 2.31 bits per heavy atom. The van der Waals surface area contributed by atoms with Crippen molar-refractivity contribution in [3.8, 4) is 0 Å². The minimum atomic E-state index is 0.326. The van der Waals surface area contributed by atoms with Gasteiger partial charge in [0.05, 0.1) is 0 Å². The third kappa shape index (κ3) is 2.66. The van der Waals surface area contributed by atoms with Gasteiger partial charge in [-0.3, -0.25) is 0 Å². The van der Waals surface area contributed by atoms with Crippen LogP contribution in [0.25, 0.3) is 0 Å². The molecule has 0 atom stereocenters. The van der Waals surface area contributed by atoms with Crippen LogP contribution in [0, 0.1) is 5.41 Å². The quantitative estimate of drug-likeness (QED) is 0.768. The van der Waals surface area contributed by atoms with Gasteiger partial charge in [-0.2, -0.15) is 0 Å². The van der Waals surface area contributed by atoms with Crippen LogP contribution in [0.3, 0.4) is 0 Å². The van der Waals surface area contributed by atoms with E-state index in [0.717, 1.165) is 19.5 Å². The molecule has 2 N–H and O–H groups in total. The summed E-state index contributed by atoms with van der Waals surface area (Å²) in [7, 11) is 2.04. The van der Waals surface area contributed by atoms with Crippen molar-refractivity contribution in [2.45, 2.75) is 32.2 Å². The van der Waals surface area contributed by atoms with Gasteiger partial charge in [-0.25, -0.2) is 0 Å². The van der Waals surface area contributed by atoms with Crippen molar-refractivity contribution < 1.29 is 5.11 Å².